The molecular weight excluding hydrogens is 540 g/mol. The van der Waals surface area contributed by atoms with Crippen molar-refractivity contribution in [3.05, 3.63) is 137 Å². The fourth-order valence-electron chi connectivity index (χ4n) is 6.10. The molecular formula is C35H23N4O4+. The molecule has 0 saturated heterocycles. The molecule has 8 heteroatoms. The van der Waals surface area contributed by atoms with Crippen LogP contribution in [0.3, 0.4) is 0 Å². The third-order valence-electron chi connectivity index (χ3n) is 8.10. The molecule has 8 nitrogen and oxygen atoms in total. The number of phenolic OH excluding ortho intramolecular Hbond substituents is 2. The summed E-state index contributed by atoms with van der Waals surface area (Å²) in [6.45, 7) is 0.480. The molecule has 0 amide bonds. The first-order valence-corrected chi connectivity index (χ1v) is 13.9. The molecule has 0 bridgehead atoms. The van der Waals surface area contributed by atoms with E-state index in [-0.39, 0.29) is 57.9 Å². The fourth-order valence-corrected chi connectivity index (χ4v) is 6.10. The van der Waals surface area contributed by atoms with Crippen LogP contribution < -0.4 is 4.57 Å². The van der Waals surface area contributed by atoms with Gasteiger partial charge in [-0.15, -0.1) is 0 Å². The Balaban J connectivity index is 1.35. The van der Waals surface area contributed by atoms with Crippen molar-refractivity contribution >= 4 is 44.4 Å². The first-order chi connectivity index (χ1) is 21.0. The van der Waals surface area contributed by atoms with E-state index in [9.17, 15) is 19.8 Å². The zero-order valence-electron chi connectivity index (χ0n) is 22.7. The number of aromatic nitrogens is 4. The summed E-state index contributed by atoms with van der Waals surface area (Å²) in [5.41, 5.74) is 3.53. The molecule has 3 heterocycles. The van der Waals surface area contributed by atoms with Crippen molar-refractivity contribution in [2.75, 3.05) is 0 Å². The summed E-state index contributed by atoms with van der Waals surface area (Å²) in [6.07, 6.45) is 1.76. The first kappa shape index (κ1) is 24.9. The lowest BCUT2D eigenvalue weighted by atomic mass is 9.82. The number of benzene rings is 4. The SMILES string of the molecule is O=C1c2ccccc2C(=O)c2c1c(O)c1c(c2O)[n+](Cc2ccc3ccccc3n2)cn1Cc1ccc2ccccc2n1. The normalized spacial score (nSPS) is 12.7. The average molecular weight is 564 g/mol. The number of nitrogens with zero attached hydrogens (tertiary/aromatic N) is 4. The number of carbonyl (C=O) groups excluding carboxylic acids is 2. The fraction of sp³-hybridized carbons (Fsp3) is 0.0571. The zero-order valence-corrected chi connectivity index (χ0v) is 22.7. The quantitative estimate of drug-likeness (QED) is 0.222. The van der Waals surface area contributed by atoms with Gasteiger partial charge in [0.1, 0.15) is 13.1 Å². The molecule has 4 aromatic carbocycles. The van der Waals surface area contributed by atoms with Gasteiger partial charge in [-0.25, -0.2) is 19.1 Å². The van der Waals surface area contributed by atoms with E-state index in [1.807, 2.05) is 72.8 Å². The van der Waals surface area contributed by atoms with Crippen molar-refractivity contribution in [2.24, 2.45) is 0 Å². The summed E-state index contributed by atoms with van der Waals surface area (Å²) in [5.74, 6) is -1.75. The monoisotopic (exact) mass is 563 g/mol. The Morgan fingerprint density at radius 3 is 1.81 bits per heavy atom. The number of pyridine rings is 2. The Morgan fingerprint density at radius 2 is 1.16 bits per heavy atom. The molecule has 0 aliphatic heterocycles. The topological polar surface area (TPSA) is 109 Å². The summed E-state index contributed by atoms with van der Waals surface area (Å²) in [6, 6.07) is 29.8. The van der Waals surface area contributed by atoms with Crippen LogP contribution in [0.1, 0.15) is 43.2 Å². The minimum Gasteiger partial charge on any atom is -0.503 e. The predicted octanol–water partition coefficient (Wildman–Crippen LogP) is 5.31. The highest BCUT2D eigenvalue weighted by Gasteiger charge is 2.40. The second-order valence-corrected chi connectivity index (χ2v) is 10.7. The molecule has 0 atom stereocenters. The van der Waals surface area contributed by atoms with Gasteiger partial charge in [-0.05, 0) is 24.3 Å². The summed E-state index contributed by atoms with van der Waals surface area (Å²) in [5, 5.41) is 25.5. The highest BCUT2D eigenvalue weighted by atomic mass is 16.3. The van der Waals surface area contributed by atoms with Gasteiger partial charge in [-0.3, -0.25) is 9.59 Å². The number of rotatable bonds is 4. The smallest absolute Gasteiger partial charge is 0.245 e. The second kappa shape index (κ2) is 9.32. The van der Waals surface area contributed by atoms with E-state index in [1.54, 1.807) is 39.7 Å². The summed E-state index contributed by atoms with van der Waals surface area (Å²) in [7, 11) is 0. The molecule has 1 aliphatic rings. The summed E-state index contributed by atoms with van der Waals surface area (Å²) >= 11 is 0. The number of carbonyl (C=O) groups is 2. The summed E-state index contributed by atoms with van der Waals surface area (Å²) in [4.78, 5) is 36.9. The van der Waals surface area contributed by atoms with E-state index in [2.05, 4.69) is 0 Å². The van der Waals surface area contributed by atoms with E-state index < -0.39 is 11.6 Å². The van der Waals surface area contributed by atoms with Crippen LogP contribution in [0.5, 0.6) is 11.5 Å². The van der Waals surface area contributed by atoms with Crippen molar-refractivity contribution in [2.45, 2.75) is 13.1 Å². The molecule has 0 unspecified atom stereocenters. The molecule has 0 spiro atoms. The van der Waals surface area contributed by atoms with E-state index in [0.717, 1.165) is 33.2 Å². The van der Waals surface area contributed by atoms with Gasteiger partial charge in [0, 0.05) is 21.9 Å². The van der Waals surface area contributed by atoms with Gasteiger partial charge in [0.05, 0.1) is 33.5 Å². The van der Waals surface area contributed by atoms with Gasteiger partial charge in [-0.1, -0.05) is 72.8 Å². The van der Waals surface area contributed by atoms with Crippen LogP contribution in [0.4, 0.5) is 0 Å². The largest absolute Gasteiger partial charge is 0.503 e. The molecule has 0 radical (unpaired) electrons. The number of para-hydroxylation sites is 2. The minimum absolute atomic E-state index is 0.191. The van der Waals surface area contributed by atoms with Gasteiger partial charge in [0.2, 0.25) is 17.4 Å². The maximum Gasteiger partial charge on any atom is 0.245 e. The Bertz CT molecular complexity index is 2160. The van der Waals surface area contributed by atoms with Crippen molar-refractivity contribution < 1.29 is 24.4 Å². The molecule has 8 rings (SSSR count). The number of aromatic hydroxyl groups is 2. The van der Waals surface area contributed by atoms with Crippen LogP contribution in [-0.4, -0.2) is 36.3 Å². The predicted molar refractivity (Wildman–Crippen MR) is 160 cm³/mol. The van der Waals surface area contributed by atoms with Gasteiger partial charge in [-0.2, -0.15) is 0 Å². The van der Waals surface area contributed by atoms with Crippen molar-refractivity contribution in [1.82, 2.24) is 14.5 Å². The Kier molecular flexibility index (Phi) is 5.39. The Labute approximate surface area is 244 Å². The van der Waals surface area contributed by atoms with Crippen LogP contribution >= 0.6 is 0 Å². The standard InChI is InChI=1S/C35H22N4O4/c40-32-24-9-3-4-10-25(24)33(41)29-28(32)34(42)30-31(35(29)43)39(18-23-16-14-21-8-2-6-12-27(21)37-23)19-38(30)17-22-15-13-20-7-1-5-11-26(20)36-22/h1-16,19H,17-18H2,(H-,40,41,42,43)/p+1. The second-order valence-electron chi connectivity index (χ2n) is 10.7. The Hall–Kier alpha value is -5.89. The van der Waals surface area contributed by atoms with E-state index in [4.69, 9.17) is 9.97 Å². The van der Waals surface area contributed by atoms with Crippen molar-refractivity contribution in [3.63, 3.8) is 0 Å². The molecule has 0 saturated carbocycles. The van der Waals surface area contributed by atoms with Gasteiger partial charge < -0.3 is 10.2 Å². The lowest BCUT2D eigenvalue weighted by Crippen LogP contribution is -2.34. The number of imidazole rings is 1. The molecule has 7 aromatic rings. The van der Waals surface area contributed by atoms with Crippen LogP contribution in [-0.2, 0) is 13.1 Å². The molecule has 3 aromatic heterocycles. The van der Waals surface area contributed by atoms with Crippen LogP contribution in [0.25, 0.3) is 32.8 Å². The Morgan fingerprint density at radius 1 is 0.628 bits per heavy atom. The van der Waals surface area contributed by atoms with Gasteiger partial charge >= 0.3 is 0 Å². The number of ketones is 2. The first-order valence-electron chi connectivity index (χ1n) is 13.9. The summed E-state index contributed by atoms with van der Waals surface area (Å²) < 4.78 is 3.50. The lowest BCUT2D eigenvalue weighted by Gasteiger charge is -2.19. The highest BCUT2D eigenvalue weighted by molar-refractivity contribution is 6.32. The highest BCUT2D eigenvalue weighted by Crippen LogP contribution is 2.43. The lowest BCUT2D eigenvalue weighted by molar-refractivity contribution is -0.663. The third-order valence-corrected chi connectivity index (χ3v) is 8.10. The van der Waals surface area contributed by atoms with E-state index in [1.165, 1.54) is 0 Å². The number of fused-ring (bicyclic) bond motifs is 5. The number of phenols is 2. The molecule has 2 N–H and O–H groups in total. The van der Waals surface area contributed by atoms with Crippen molar-refractivity contribution in [3.8, 4) is 11.5 Å². The molecule has 1 aliphatic carbocycles. The van der Waals surface area contributed by atoms with Crippen LogP contribution in [0, 0.1) is 0 Å². The zero-order chi connectivity index (χ0) is 29.2. The average Bonchev–Trinajstić information content (AvgIpc) is 3.39. The third kappa shape index (κ3) is 3.80. The maximum absolute atomic E-state index is 13.6. The minimum atomic E-state index is -0.515. The number of hydrogen-bond acceptors (Lipinski definition) is 6. The van der Waals surface area contributed by atoms with Gasteiger partial charge in [0.25, 0.3) is 0 Å². The maximum atomic E-state index is 13.6. The molecule has 43 heavy (non-hydrogen) atoms. The number of hydrogen-bond donors (Lipinski definition) is 2. The van der Waals surface area contributed by atoms with Crippen molar-refractivity contribution in [1.29, 1.82) is 0 Å². The van der Waals surface area contributed by atoms with Crippen LogP contribution in [0.15, 0.2) is 103 Å². The van der Waals surface area contributed by atoms with Crippen LogP contribution in [0.2, 0.25) is 0 Å². The van der Waals surface area contributed by atoms with E-state index in [0.29, 0.717) is 0 Å². The van der Waals surface area contributed by atoms with Gasteiger partial charge in [0.15, 0.2) is 23.1 Å². The van der Waals surface area contributed by atoms with E-state index >= 15 is 0 Å². The molecule has 0 fully saturated rings. The molecule has 206 valence electrons.